The number of anilines is 1. The van der Waals surface area contributed by atoms with E-state index in [1.807, 2.05) is 4.90 Å². The number of carbonyl (C=O) groups is 1. The van der Waals surface area contributed by atoms with Crippen molar-refractivity contribution in [2.75, 3.05) is 24.5 Å². The van der Waals surface area contributed by atoms with Gasteiger partial charge in [0.25, 0.3) is 11.8 Å². The summed E-state index contributed by atoms with van der Waals surface area (Å²) in [5.41, 5.74) is 2.15. The van der Waals surface area contributed by atoms with Gasteiger partial charge in [-0.1, -0.05) is 19.3 Å². The molecule has 0 spiro atoms. The lowest BCUT2D eigenvalue weighted by molar-refractivity contribution is -0.116. The third-order valence-electron chi connectivity index (χ3n) is 7.38. The molecule has 0 bridgehead atoms. The highest BCUT2D eigenvalue weighted by Gasteiger charge is 2.40. The molecule has 9 heteroatoms. The van der Waals surface area contributed by atoms with Crippen LogP contribution in [0.2, 0.25) is 0 Å². The molecule has 1 aliphatic carbocycles. The van der Waals surface area contributed by atoms with E-state index >= 15 is 0 Å². The Bertz CT molecular complexity index is 996. The van der Waals surface area contributed by atoms with E-state index in [4.69, 9.17) is 4.99 Å². The Balaban J connectivity index is 1.43. The standard InChI is InChI=1S/C23H28F2N6O/c24-23(25)6-8-31(9-7-23)19-13-27-21(30-19)16-10-17(29-18-12-28-22(32)20(16)18)15-5-3-1-2-4-14(15)11-26/h13-15,17H,1-10,12H2,(H,27,30)(H,28,32)/t14-,15-,17?/m1/s1. The van der Waals surface area contributed by atoms with E-state index in [1.165, 1.54) is 0 Å². The van der Waals surface area contributed by atoms with Gasteiger partial charge in [-0.2, -0.15) is 5.26 Å². The van der Waals surface area contributed by atoms with Crippen molar-refractivity contribution in [3.05, 3.63) is 17.6 Å². The molecule has 0 radical (unpaired) electrons. The number of H-pyrrole nitrogens is 1. The van der Waals surface area contributed by atoms with Crippen LogP contribution >= 0.6 is 0 Å². The molecule has 1 unspecified atom stereocenters. The van der Waals surface area contributed by atoms with Crippen LogP contribution in [0.15, 0.2) is 16.8 Å². The molecule has 170 valence electrons. The number of fused-ring (bicyclic) bond motifs is 1. The van der Waals surface area contributed by atoms with Crippen molar-refractivity contribution in [1.29, 1.82) is 5.26 Å². The molecule has 4 heterocycles. The number of amides is 1. The van der Waals surface area contributed by atoms with E-state index < -0.39 is 5.92 Å². The highest BCUT2D eigenvalue weighted by Crippen LogP contribution is 2.40. The molecule has 2 N–H and O–H groups in total. The summed E-state index contributed by atoms with van der Waals surface area (Å²) in [5, 5.41) is 12.6. The quantitative estimate of drug-likeness (QED) is 0.701. The first-order valence-corrected chi connectivity index (χ1v) is 11.6. The van der Waals surface area contributed by atoms with Crippen LogP contribution in [0.25, 0.3) is 5.57 Å². The number of aromatic nitrogens is 2. The number of rotatable bonds is 3. The van der Waals surface area contributed by atoms with E-state index in [9.17, 15) is 18.8 Å². The number of hydrogen-bond donors (Lipinski definition) is 2. The number of alkyl halides is 2. The third kappa shape index (κ3) is 3.91. The average molecular weight is 443 g/mol. The minimum Gasteiger partial charge on any atom is -0.356 e. The molecule has 4 aliphatic rings. The summed E-state index contributed by atoms with van der Waals surface area (Å²) in [7, 11) is 0. The Morgan fingerprint density at radius 1 is 1.19 bits per heavy atom. The number of piperidine rings is 1. The van der Waals surface area contributed by atoms with Crippen LogP contribution in [0.5, 0.6) is 0 Å². The monoisotopic (exact) mass is 442 g/mol. The molecule has 0 aromatic carbocycles. The zero-order chi connectivity index (χ0) is 22.3. The zero-order valence-corrected chi connectivity index (χ0v) is 18.0. The molecule has 1 amide bonds. The van der Waals surface area contributed by atoms with Gasteiger partial charge < -0.3 is 15.2 Å². The van der Waals surface area contributed by atoms with E-state index in [0.717, 1.165) is 43.4 Å². The van der Waals surface area contributed by atoms with Crippen LogP contribution in [0, 0.1) is 23.2 Å². The van der Waals surface area contributed by atoms with Gasteiger partial charge in [-0.05, 0) is 25.2 Å². The first kappa shape index (κ1) is 21.1. The van der Waals surface area contributed by atoms with Crippen LogP contribution in [0.3, 0.4) is 0 Å². The second-order valence-electron chi connectivity index (χ2n) is 9.38. The maximum absolute atomic E-state index is 13.5. The Morgan fingerprint density at radius 3 is 2.75 bits per heavy atom. The number of imidazole rings is 1. The smallest absolute Gasteiger partial charge is 0.253 e. The molecular formula is C23H28F2N6O. The number of nitrogens with one attached hydrogen (secondary N) is 2. The molecule has 32 heavy (non-hydrogen) atoms. The Morgan fingerprint density at radius 2 is 1.97 bits per heavy atom. The average Bonchev–Trinajstić information content (AvgIpc) is 3.33. The molecule has 3 atom stereocenters. The fourth-order valence-corrected chi connectivity index (χ4v) is 5.57. The lowest BCUT2D eigenvalue weighted by atomic mass is 9.78. The highest BCUT2D eigenvalue weighted by atomic mass is 19.3. The Hall–Kier alpha value is -2.76. The van der Waals surface area contributed by atoms with Crippen molar-refractivity contribution < 1.29 is 13.6 Å². The number of hydrogen-bond acceptors (Lipinski definition) is 5. The molecule has 7 nitrogen and oxygen atoms in total. The highest BCUT2D eigenvalue weighted by molar-refractivity contribution is 6.31. The normalized spacial score (nSPS) is 30.3. The van der Waals surface area contributed by atoms with E-state index in [0.29, 0.717) is 30.2 Å². The summed E-state index contributed by atoms with van der Waals surface area (Å²) in [6.45, 7) is 0.928. The number of halogens is 2. The summed E-state index contributed by atoms with van der Waals surface area (Å²) in [5.74, 6) is -1.31. The molecule has 3 fully saturated rings. The van der Waals surface area contributed by atoms with Gasteiger partial charge in [-0.25, -0.2) is 13.8 Å². The van der Waals surface area contributed by atoms with Gasteiger partial charge in [0.05, 0.1) is 42.1 Å². The maximum Gasteiger partial charge on any atom is 0.253 e. The van der Waals surface area contributed by atoms with Gasteiger partial charge in [0.1, 0.15) is 11.6 Å². The SMILES string of the molecule is N#C[C@H]1CCCCC[C@H]1C1CC(c2ncc(N3CCC(F)(F)CC3)[nH]2)=C2C(=O)NCC2=N1. The van der Waals surface area contributed by atoms with E-state index in [1.54, 1.807) is 6.20 Å². The summed E-state index contributed by atoms with van der Waals surface area (Å²) in [4.78, 5) is 27.2. The second-order valence-corrected chi connectivity index (χ2v) is 9.38. The van der Waals surface area contributed by atoms with Crippen LogP contribution in [-0.4, -0.2) is 53.2 Å². The van der Waals surface area contributed by atoms with Gasteiger partial charge in [-0.3, -0.25) is 9.79 Å². The Labute approximate surface area is 186 Å². The van der Waals surface area contributed by atoms with Crippen molar-refractivity contribution in [3.8, 4) is 6.07 Å². The van der Waals surface area contributed by atoms with Gasteiger partial charge in [0.2, 0.25) is 0 Å². The predicted octanol–water partition coefficient (Wildman–Crippen LogP) is 3.46. The number of nitriles is 1. The molecule has 2 saturated heterocycles. The van der Waals surface area contributed by atoms with Crippen molar-refractivity contribution in [2.24, 2.45) is 16.8 Å². The van der Waals surface area contributed by atoms with E-state index in [-0.39, 0.29) is 49.7 Å². The molecule has 1 aromatic rings. The number of carbonyl (C=O) groups excluding carboxylic acids is 1. The van der Waals surface area contributed by atoms with Crippen molar-refractivity contribution in [1.82, 2.24) is 15.3 Å². The fourth-order valence-electron chi connectivity index (χ4n) is 5.57. The first-order valence-electron chi connectivity index (χ1n) is 11.6. The minimum atomic E-state index is -2.61. The Kier molecular flexibility index (Phi) is 5.48. The predicted molar refractivity (Wildman–Crippen MR) is 116 cm³/mol. The molecule has 3 aliphatic heterocycles. The van der Waals surface area contributed by atoms with Crippen LogP contribution in [0.4, 0.5) is 14.6 Å². The second kappa shape index (κ2) is 8.30. The molecule has 1 saturated carbocycles. The van der Waals surface area contributed by atoms with Crippen molar-refractivity contribution >= 4 is 23.0 Å². The minimum absolute atomic E-state index is 0.0260. The summed E-state index contributed by atoms with van der Waals surface area (Å²) >= 11 is 0. The van der Waals surface area contributed by atoms with Gasteiger partial charge >= 0.3 is 0 Å². The van der Waals surface area contributed by atoms with Crippen molar-refractivity contribution in [2.45, 2.75) is 63.3 Å². The third-order valence-corrected chi connectivity index (χ3v) is 7.38. The molecular weight excluding hydrogens is 414 g/mol. The van der Waals surface area contributed by atoms with Crippen molar-refractivity contribution in [3.63, 3.8) is 0 Å². The number of nitrogens with zero attached hydrogens (tertiary/aromatic N) is 4. The van der Waals surface area contributed by atoms with Crippen LogP contribution in [-0.2, 0) is 4.79 Å². The number of aliphatic imine (C=N–C) groups is 1. The van der Waals surface area contributed by atoms with E-state index in [2.05, 4.69) is 21.4 Å². The number of aromatic amines is 1. The largest absolute Gasteiger partial charge is 0.356 e. The van der Waals surface area contributed by atoms with Gasteiger partial charge in [0.15, 0.2) is 0 Å². The maximum atomic E-state index is 13.5. The van der Waals surface area contributed by atoms with Crippen LogP contribution in [0.1, 0.15) is 57.2 Å². The summed E-state index contributed by atoms with van der Waals surface area (Å²) in [6, 6.07) is 2.45. The van der Waals surface area contributed by atoms with Crippen LogP contribution < -0.4 is 10.2 Å². The fraction of sp³-hybridized carbons (Fsp3) is 0.652. The van der Waals surface area contributed by atoms with Gasteiger partial charge in [-0.15, -0.1) is 0 Å². The number of dihydropyridines is 1. The van der Waals surface area contributed by atoms with Gasteiger partial charge in [0, 0.05) is 31.5 Å². The summed E-state index contributed by atoms with van der Waals surface area (Å²) < 4.78 is 27.1. The topological polar surface area (TPSA) is 97.2 Å². The lowest BCUT2D eigenvalue weighted by Crippen LogP contribution is -2.39. The molecule has 1 aromatic heterocycles. The molecule has 5 rings (SSSR count). The summed E-state index contributed by atoms with van der Waals surface area (Å²) in [6.07, 6.45) is 7.05. The zero-order valence-electron chi connectivity index (χ0n) is 18.0. The lowest BCUT2D eigenvalue weighted by Gasteiger charge is -2.32. The first-order chi connectivity index (χ1) is 15.4.